The molecule has 0 atom stereocenters. The van der Waals surface area contributed by atoms with Crippen molar-refractivity contribution in [3.05, 3.63) is 88.8 Å². The van der Waals surface area contributed by atoms with Crippen LogP contribution in [-0.2, 0) is 16.4 Å². The molecule has 1 saturated heterocycles. The summed E-state index contributed by atoms with van der Waals surface area (Å²) in [7, 11) is -3.72. The predicted octanol–water partition coefficient (Wildman–Crippen LogP) is 4.94. The van der Waals surface area contributed by atoms with E-state index < -0.39 is 33.0 Å². The molecule has 0 spiro atoms. The van der Waals surface area contributed by atoms with Crippen molar-refractivity contribution in [2.24, 2.45) is 0 Å². The van der Waals surface area contributed by atoms with Gasteiger partial charge in [-0.15, -0.1) is 0 Å². The average molecular weight is 570 g/mol. The number of benzene rings is 1. The number of carbonyl (C=O) groups excluding carboxylic acids is 1. The fourth-order valence-corrected chi connectivity index (χ4v) is 6.93. The first-order chi connectivity index (χ1) is 18.8. The highest BCUT2D eigenvalue weighted by atomic mass is 32.2. The summed E-state index contributed by atoms with van der Waals surface area (Å²) < 4.78 is 56.2. The first-order valence-corrected chi connectivity index (χ1v) is 14.6. The van der Waals surface area contributed by atoms with Gasteiger partial charge in [0.05, 0.1) is 17.0 Å². The molecule has 1 aliphatic rings. The molecule has 5 rings (SSSR count). The summed E-state index contributed by atoms with van der Waals surface area (Å²) in [4.78, 5) is 26.1. The summed E-state index contributed by atoms with van der Waals surface area (Å²) in [6.45, 7) is 2.40. The van der Waals surface area contributed by atoms with Gasteiger partial charge in [0, 0.05) is 43.3 Å². The molecule has 0 bridgehead atoms. The van der Waals surface area contributed by atoms with Gasteiger partial charge < -0.3 is 5.32 Å². The first-order valence-electron chi connectivity index (χ1n) is 12.4. The van der Waals surface area contributed by atoms with E-state index in [1.54, 1.807) is 30.6 Å². The van der Waals surface area contributed by atoms with Crippen LogP contribution in [0.4, 0.5) is 13.9 Å². The summed E-state index contributed by atoms with van der Waals surface area (Å²) in [6.07, 6.45) is 6.14. The van der Waals surface area contributed by atoms with Crippen LogP contribution < -0.4 is 5.32 Å². The number of hydrogen-bond acceptors (Lipinski definition) is 8. The predicted molar refractivity (Wildman–Crippen MR) is 144 cm³/mol. The number of carbonyl (C=O) groups is 1. The number of aryl methyl sites for hydroxylation is 1. The van der Waals surface area contributed by atoms with Crippen LogP contribution in [0.2, 0.25) is 0 Å². The average Bonchev–Trinajstić information content (AvgIpc) is 3.36. The van der Waals surface area contributed by atoms with Crippen molar-refractivity contribution in [1.29, 1.82) is 0 Å². The Hall–Kier alpha value is -3.61. The molecule has 4 aromatic rings. The smallest absolute Gasteiger partial charge is 0.244 e. The Labute approximate surface area is 228 Å². The van der Waals surface area contributed by atoms with E-state index in [1.165, 1.54) is 16.6 Å². The number of sulfonamides is 1. The van der Waals surface area contributed by atoms with Crippen LogP contribution in [0.1, 0.15) is 40.7 Å². The van der Waals surface area contributed by atoms with E-state index in [2.05, 4.69) is 20.3 Å². The lowest BCUT2D eigenvalue weighted by atomic mass is 10.1. The number of thiazole rings is 1. The van der Waals surface area contributed by atoms with Crippen LogP contribution in [0.15, 0.2) is 66.0 Å². The van der Waals surface area contributed by atoms with Crippen LogP contribution in [-0.4, -0.2) is 52.6 Å². The van der Waals surface area contributed by atoms with Crippen LogP contribution >= 0.6 is 11.3 Å². The van der Waals surface area contributed by atoms with Crippen LogP contribution in [0.5, 0.6) is 0 Å². The lowest BCUT2D eigenvalue weighted by Gasteiger charge is -2.31. The number of anilines is 1. The number of piperidine rings is 1. The second-order valence-electron chi connectivity index (χ2n) is 9.02. The monoisotopic (exact) mass is 569 g/mol. The Kier molecular flexibility index (Phi) is 7.78. The summed E-state index contributed by atoms with van der Waals surface area (Å²) in [5.74, 6) is -2.57. The molecule has 1 fully saturated rings. The van der Waals surface area contributed by atoms with Gasteiger partial charge in [-0.2, -0.15) is 4.31 Å². The number of nitrogens with one attached hydrogen (secondary N) is 1. The molecular weight excluding hydrogens is 544 g/mol. The summed E-state index contributed by atoms with van der Waals surface area (Å²) in [5, 5.41) is 3.74. The molecule has 0 saturated carbocycles. The Morgan fingerprint density at radius 1 is 1.08 bits per heavy atom. The van der Waals surface area contributed by atoms with Crippen molar-refractivity contribution < 1.29 is 22.0 Å². The molecule has 8 nitrogen and oxygen atoms in total. The zero-order valence-electron chi connectivity index (χ0n) is 21.0. The van der Waals surface area contributed by atoms with Gasteiger partial charge >= 0.3 is 0 Å². The van der Waals surface area contributed by atoms with Crippen LogP contribution in [0.25, 0.3) is 11.3 Å². The molecule has 0 unspecified atom stereocenters. The van der Waals surface area contributed by atoms with Gasteiger partial charge in [-0.1, -0.05) is 24.3 Å². The van der Waals surface area contributed by atoms with Crippen molar-refractivity contribution in [2.45, 2.75) is 37.1 Å². The second-order valence-corrected chi connectivity index (χ2v) is 12.0. The van der Waals surface area contributed by atoms with Crippen LogP contribution in [0, 0.1) is 11.6 Å². The van der Waals surface area contributed by atoms with Gasteiger partial charge in [-0.3, -0.25) is 14.8 Å². The van der Waals surface area contributed by atoms with Crippen molar-refractivity contribution in [3.8, 4) is 11.3 Å². The van der Waals surface area contributed by atoms with E-state index in [9.17, 15) is 22.0 Å². The molecule has 0 amide bonds. The number of halogens is 2. The minimum absolute atomic E-state index is 0.0773. The van der Waals surface area contributed by atoms with E-state index in [4.69, 9.17) is 0 Å². The Morgan fingerprint density at radius 3 is 2.44 bits per heavy atom. The van der Waals surface area contributed by atoms with E-state index in [1.807, 2.05) is 13.0 Å². The topological polar surface area (TPSA) is 105 Å². The van der Waals surface area contributed by atoms with Gasteiger partial charge in [0.2, 0.25) is 15.8 Å². The van der Waals surface area contributed by atoms with Gasteiger partial charge in [0.1, 0.15) is 21.4 Å². The van der Waals surface area contributed by atoms with Crippen molar-refractivity contribution >= 4 is 32.3 Å². The SMILES string of the molecule is CCc1nc(NC2CCN(S(=O)(=O)c3ccc(-c4cccnc4)nc3)CC2)sc1C(=O)c1c(F)cccc1F. The largest absolute Gasteiger partial charge is 0.359 e. The minimum atomic E-state index is -3.72. The first kappa shape index (κ1) is 27.0. The third-order valence-electron chi connectivity index (χ3n) is 6.54. The highest BCUT2D eigenvalue weighted by Crippen LogP contribution is 2.30. The fraction of sp³-hybridized carbons (Fsp3) is 0.259. The molecule has 4 heterocycles. The number of aromatic nitrogens is 3. The number of pyridine rings is 2. The van der Waals surface area contributed by atoms with E-state index in [-0.39, 0.29) is 15.8 Å². The van der Waals surface area contributed by atoms with Gasteiger partial charge in [0.25, 0.3) is 0 Å². The molecule has 1 aliphatic heterocycles. The van der Waals surface area contributed by atoms with Gasteiger partial charge in [0.15, 0.2) is 5.13 Å². The highest BCUT2D eigenvalue weighted by molar-refractivity contribution is 7.89. The third-order valence-corrected chi connectivity index (χ3v) is 9.45. The third kappa shape index (κ3) is 5.58. The zero-order chi connectivity index (χ0) is 27.6. The number of rotatable bonds is 8. The standard InChI is InChI=1S/C27H25F2N5O3S2/c1-2-22-26(25(35)24-20(28)6-3-7-21(24)29)38-27(33-22)32-18-10-13-34(14-11-18)39(36,37)19-8-9-23(31-16-19)17-5-4-12-30-15-17/h3-9,12,15-16,18H,2,10-11,13-14H2,1H3,(H,32,33). The normalized spacial score (nSPS) is 14.8. The molecule has 3 aromatic heterocycles. The quantitative estimate of drug-likeness (QED) is 0.300. The molecular formula is C27H25F2N5O3S2. The molecule has 0 aliphatic carbocycles. The Bertz CT molecular complexity index is 1570. The van der Waals surface area contributed by atoms with Crippen LogP contribution in [0.3, 0.4) is 0 Å². The lowest BCUT2D eigenvalue weighted by Crippen LogP contribution is -2.42. The maximum absolute atomic E-state index is 14.2. The van der Waals surface area contributed by atoms with Gasteiger partial charge in [-0.05, 0) is 55.7 Å². The Balaban J connectivity index is 1.24. The zero-order valence-corrected chi connectivity index (χ0v) is 22.6. The lowest BCUT2D eigenvalue weighted by molar-refractivity contribution is 0.103. The highest BCUT2D eigenvalue weighted by Gasteiger charge is 2.31. The molecule has 39 heavy (non-hydrogen) atoms. The van der Waals surface area contributed by atoms with E-state index in [0.717, 1.165) is 29.0 Å². The number of nitrogens with zero attached hydrogens (tertiary/aromatic N) is 4. The summed E-state index contributed by atoms with van der Waals surface area (Å²) >= 11 is 1.05. The van der Waals surface area contributed by atoms with Gasteiger partial charge in [-0.25, -0.2) is 22.2 Å². The maximum atomic E-state index is 14.2. The molecule has 0 radical (unpaired) electrons. The van der Waals surface area contributed by atoms with Crippen molar-refractivity contribution in [2.75, 3.05) is 18.4 Å². The van der Waals surface area contributed by atoms with Crippen molar-refractivity contribution in [3.63, 3.8) is 0 Å². The fourth-order valence-electron chi connectivity index (χ4n) is 4.44. The summed E-state index contributed by atoms with van der Waals surface area (Å²) in [5.41, 5.74) is 1.29. The molecule has 1 N–H and O–H groups in total. The van der Waals surface area contributed by atoms with Crippen molar-refractivity contribution in [1.82, 2.24) is 19.3 Å². The number of ketones is 1. The second kappa shape index (κ2) is 11.2. The number of hydrogen-bond donors (Lipinski definition) is 1. The van der Waals surface area contributed by atoms with E-state index in [0.29, 0.717) is 48.9 Å². The molecule has 1 aromatic carbocycles. The summed E-state index contributed by atoms with van der Waals surface area (Å²) in [6, 6.07) is 10.1. The Morgan fingerprint density at radius 2 is 1.82 bits per heavy atom. The minimum Gasteiger partial charge on any atom is -0.359 e. The molecule has 12 heteroatoms. The maximum Gasteiger partial charge on any atom is 0.244 e. The molecule has 202 valence electrons. The van der Waals surface area contributed by atoms with E-state index >= 15 is 0 Å².